The number of carbonyl (C=O) groups excluding carboxylic acids is 2. The number of alkyl halides is 2. The predicted molar refractivity (Wildman–Crippen MR) is 167 cm³/mol. The van der Waals surface area contributed by atoms with Crippen molar-refractivity contribution in [2.45, 2.75) is 85.3 Å². The zero-order chi connectivity index (χ0) is 31.5. The van der Waals surface area contributed by atoms with Gasteiger partial charge >= 0.3 is 12.6 Å². The molecule has 1 heterocycles. The molecule has 1 saturated carbocycles. The van der Waals surface area contributed by atoms with Crippen LogP contribution in [0, 0.1) is 18.3 Å². The molecular formula is C31H44F2N4O4S. The number of amides is 3. The van der Waals surface area contributed by atoms with E-state index in [1.807, 2.05) is 38.1 Å². The molecule has 2 N–H and O–H groups in total. The van der Waals surface area contributed by atoms with Gasteiger partial charge in [0.1, 0.15) is 5.69 Å². The number of terminal acetylenes is 1. The van der Waals surface area contributed by atoms with Crippen LogP contribution in [0.25, 0.3) is 0 Å². The highest BCUT2D eigenvalue weighted by Crippen LogP contribution is 2.36. The van der Waals surface area contributed by atoms with Gasteiger partial charge in [0.2, 0.25) is 18.2 Å². The quantitative estimate of drug-likeness (QED) is 0.117. The van der Waals surface area contributed by atoms with Gasteiger partial charge in [-0.25, -0.2) is 4.79 Å². The van der Waals surface area contributed by atoms with Crippen LogP contribution in [0.4, 0.5) is 25.0 Å². The first-order valence-electron chi connectivity index (χ1n) is 14.1. The molecule has 1 aromatic heterocycles. The minimum atomic E-state index is -3.08. The third-order valence-corrected chi connectivity index (χ3v) is 7.02. The van der Waals surface area contributed by atoms with E-state index in [-0.39, 0.29) is 29.4 Å². The van der Waals surface area contributed by atoms with Crippen LogP contribution in [0.3, 0.4) is 0 Å². The second-order valence-electron chi connectivity index (χ2n) is 9.55. The first-order valence-corrected chi connectivity index (χ1v) is 15.1. The third kappa shape index (κ3) is 12.1. The Labute approximate surface area is 253 Å². The van der Waals surface area contributed by atoms with E-state index >= 15 is 0 Å². The summed E-state index contributed by atoms with van der Waals surface area (Å²) in [5.74, 6) is 3.79. The number of benzene rings is 1. The van der Waals surface area contributed by atoms with Gasteiger partial charge in [0.25, 0.3) is 0 Å². The highest BCUT2D eigenvalue weighted by Gasteiger charge is 2.31. The summed E-state index contributed by atoms with van der Waals surface area (Å²) in [4.78, 5) is 28.9. The Morgan fingerprint density at radius 3 is 2.43 bits per heavy atom. The van der Waals surface area contributed by atoms with Gasteiger partial charge in [-0.1, -0.05) is 52.8 Å². The molecule has 3 amide bonds. The number of pyridine rings is 1. The van der Waals surface area contributed by atoms with Gasteiger partial charge in [-0.3, -0.25) is 9.69 Å². The summed E-state index contributed by atoms with van der Waals surface area (Å²) in [6.07, 6.45) is 10.1. The molecule has 1 aliphatic carbocycles. The molecule has 232 valence electrons. The summed E-state index contributed by atoms with van der Waals surface area (Å²) in [6.45, 7) is 7.31. The molecular weight excluding hydrogens is 562 g/mol. The van der Waals surface area contributed by atoms with Crippen molar-refractivity contribution in [1.82, 2.24) is 9.71 Å². The monoisotopic (exact) mass is 606 g/mol. The van der Waals surface area contributed by atoms with Gasteiger partial charge in [-0.2, -0.15) is 13.8 Å². The lowest BCUT2D eigenvalue weighted by molar-refractivity contribution is -0.107. The Morgan fingerprint density at radius 2 is 1.86 bits per heavy atom. The zero-order valence-corrected chi connectivity index (χ0v) is 26.2. The molecule has 2 aromatic rings. The van der Waals surface area contributed by atoms with Gasteiger partial charge in [-0.05, 0) is 67.2 Å². The molecule has 0 aliphatic heterocycles. The van der Waals surface area contributed by atoms with Crippen molar-refractivity contribution in [2.24, 2.45) is 5.92 Å². The first kappa shape index (κ1) is 36.5. The molecule has 0 spiro atoms. The van der Waals surface area contributed by atoms with E-state index in [9.17, 15) is 18.4 Å². The number of ether oxygens (including phenoxy) is 2. The SMILES string of the molecule is C#CCCSNC=O.CC.COc1ccc(NC(=O)N(c2ccccc2C(C)C)C2CCC(C)CC2)c(OC(F)F)n1. The predicted octanol–water partition coefficient (Wildman–Crippen LogP) is 7.86. The van der Waals surface area contributed by atoms with Crippen LogP contribution in [-0.4, -0.2) is 42.9 Å². The molecule has 0 atom stereocenters. The average molecular weight is 607 g/mol. The lowest BCUT2D eigenvalue weighted by Gasteiger charge is -2.37. The van der Waals surface area contributed by atoms with Gasteiger partial charge < -0.3 is 19.5 Å². The minimum Gasteiger partial charge on any atom is -0.481 e. The Morgan fingerprint density at radius 1 is 1.19 bits per heavy atom. The largest absolute Gasteiger partial charge is 0.481 e. The highest BCUT2D eigenvalue weighted by atomic mass is 32.2. The Kier molecular flexibility index (Phi) is 17.7. The van der Waals surface area contributed by atoms with E-state index in [1.54, 1.807) is 4.90 Å². The number of rotatable bonds is 11. The molecule has 0 bridgehead atoms. The maximum absolute atomic E-state index is 13.6. The number of para-hydroxylation sites is 1. The first-order chi connectivity index (χ1) is 20.2. The van der Waals surface area contributed by atoms with Crippen LogP contribution in [0.1, 0.15) is 78.2 Å². The Bertz CT molecular complexity index is 1120. The van der Waals surface area contributed by atoms with Crippen molar-refractivity contribution in [3.05, 3.63) is 42.0 Å². The van der Waals surface area contributed by atoms with Gasteiger partial charge in [0, 0.05) is 30.0 Å². The lowest BCUT2D eigenvalue weighted by Crippen LogP contribution is -2.45. The summed E-state index contributed by atoms with van der Waals surface area (Å²) in [5.41, 5.74) is 1.95. The van der Waals surface area contributed by atoms with Crippen molar-refractivity contribution in [3.63, 3.8) is 0 Å². The van der Waals surface area contributed by atoms with E-state index in [4.69, 9.17) is 11.2 Å². The van der Waals surface area contributed by atoms with Crippen molar-refractivity contribution < 1.29 is 27.8 Å². The van der Waals surface area contributed by atoms with Crippen LogP contribution in [-0.2, 0) is 4.79 Å². The smallest absolute Gasteiger partial charge is 0.388 e. The van der Waals surface area contributed by atoms with E-state index in [1.165, 1.54) is 31.2 Å². The zero-order valence-electron chi connectivity index (χ0n) is 25.4. The summed E-state index contributed by atoms with van der Waals surface area (Å²) >= 11 is 1.32. The van der Waals surface area contributed by atoms with Crippen LogP contribution in [0.2, 0.25) is 0 Å². The molecule has 0 unspecified atom stereocenters. The molecule has 0 radical (unpaired) electrons. The fourth-order valence-corrected chi connectivity index (χ4v) is 4.76. The van der Waals surface area contributed by atoms with Crippen LogP contribution >= 0.6 is 11.9 Å². The van der Waals surface area contributed by atoms with Crippen molar-refractivity contribution in [2.75, 3.05) is 23.1 Å². The van der Waals surface area contributed by atoms with Gasteiger partial charge in [-0.15, -0.1) is 12.3 Å². The summed E-state index contributed by atoms with van der Waals surface area (Å²) < 4.78 is 37.8. The second-order valence-corrected chi connectivity index (χ2v) is 10.5. The molecule has 3 rings (SSSR count). The summed E-state index contributed by atoms with van der Waals surface area (Å²) in [7, 11) is 1.38. The van der Waals surface area contributed by atoms with E-state index in [0.29, 0.717) is 18.7 Å². The summed E-state index contributed by atoms with van der Waals surface area (Å²) in [6, 6.07) is 10.4. The fraction of sp³-hybridized carbons (Fsp3) is 0.516. The maximum Gasteiger partial charge on any atom is 0.388 e. The molecule has 1 aromatic carbocycles. The number of nitrogens with zero attached hydrogens (tertiary/aromatic N) is 2. The van der Waals surface area contributed by atoms with E-state index < -0.39 is 12.6 Å². The van der Waals surface area contributed by atoms with E-state index in [0.717, 1.165) is 42.7 Å². The second kappa shape index (κ2) is 20.4. The fourth-order valence-electron chi connectivity index (χ4n) is 4.35. The number of hydrogen-bond acceptors (Lipinski definition) is 6. The molecule has 1 fully saturated rings. The van der Waals surface area contributed by atoms with E-state index in [2.05, 4.69) is 46.5 Å². The number of hydrogen-bond donors (Lipinski definition) is 2. The van der Waals surface area contributed by atoms with Crippen molar-refractivity contribution in [1.29, 1.82) is 0 Å². The number of halogens is 2. The highest BCUT2D eigenvalue weighted by molar-refractivity contribution is 7.97. The number of urea groups is 1. The summed E-state index contributed by atoms with van der Waals surface area (Å²) in [5, 5.41) is 2.75. The third-order valence-electron chi connectivity index (χ3n) is 6.35. The number of anilines is 2. The average Bonchev–Trinajstić information content (AvgIpc) is 2.98. The van der Waals surface area contributed by atoms with Gasteiger partial charge in [0.05, 0.1) is 7.11 Å². The Hall–Kier alpha value is -3.52. The normalized spacial score (nSPS) is 15.6. The molecule has 8 nitrogen and oxygen atoms in total. The molecule has 0 saturated heterocycles. The number of carbonyl (C=O) groups is 2. The minimum absolute atomic E-state index is 0.0109. The number of nitrogens with one attached hydrogen (secondary N) is 2. The number of methoxy groups -OCH3 is 1. The van der Waals surface area contributed by atoms with Crippen LogP contribution in [0.5, 0.6) is 11.8 Å². The topological polar surface area (TPSA) is 92.8 Å². The number of aromatic nitrogens is 1. The standard InChI is InChI=1S/C24H31F2N3O3.C5H7NOS.C2H6/c1-15(2)18-7-5-6-8-20(18)29(17-11-9-16(3)10-12-17)24(30)27-19-13-14-21(31-4)28-22(19)32-23(25)26;1-2-3-4-8-6-5-7;1-2/h5-8,13-17,23H,9-12H2,1-4H3,(H,27,30);1,5H,3-4H2,(H,6,7);1-2H3. The molecule has 11 heteroatoms. The lowest BCUT2D eigenvalue weighted by atomic mass is 9.86. The van der Waals surface area contributed by atoms with Gasteiger partial charge in [0.15, 0.2) is 0 Å². The Balaban J connectivity index is 0.000000762. The van der Waals surface area contributed by atoms with Crippen LogP contribution in [0.15, 0.2) is 36.4 Å². The van der Waals surface area contributed by atoms with Crippen LogP contribution < -0.4 is 24.4 Å². The molecule has 1 aliphatic rings. The van der Waals surface area contributed by atoms with Crippen molar-refractivity contribution in [3.8, 4) is 24.1 Å². The molecule has 42 heavy (non-hydrogen) atoms. The van der Waals surface area contributed by atoms with Crippen molar-refractivity contribution >= 4 is 35.8 Å². The maximum atomic E-state index is 13.6.